The van der Waals surface area contributed by atoms with E-state index < -0.39 is 11.6 Å². The van der Waals surface area contributed by atoms with Crippen molar-refractivity contribution >= 4 is 39.1 Å². The predicted octanol–water partition coefficient (Wildman–Crippen LogP) is 5.70. The Morgan fingerprint density at radius 2 is 1.85 bits per heavy atom. The smallest absolute Gasteiger partial charge is 0.146 e. The summed E-state index contributed by atoms with van der Waals surface area (Å²) in [6.07, 6.45) is 0. The van der Waals surface area contributed by atoms with E-state index in [0.29, 0.717) is 16.3 Å². The normalized spacial score (nSPS) is 10.7. The molecule has 20 heavy (non-hydrogen) atoms. The first kappa shape index (κ1) is 15.5. The largest absolute Gasteiger partial charge is 0.488 e. The number of rotatable bonds is 4. The molecule has 0 spiro atoms. The van der Waals surface area contributed by atoms with Gasteiger partial charge in [0.05, 0.1) is 15.9 Å². The standard InChI is InChI=1S/C14H9BrCl2F2O/c15-10-4-5-12(18)9(14(10)19)7-20-13-3-1-2-11(17)8(13)6-16/h1-5H,6-7H2. The second-order valence-electron chi connectivity index (χ2n) is 3.96. The van der Waals surface area contributed by atoms with Gasteiger partial charge < -0.3 is 4.74 Å². The van der Waals surface area contributed by atoms with E-state index >= 15 is 0 Å². The molecule has 2 rings (SSSR count). The third-order valence-corrected chi connectivity index (χ3v) is 3.95. The van der Waals surface area contributed by atoms with Gasteiger partial charge in [0.15, 0.2) is 0 Å². The summed E-state index contributed by atoms with van der Waals surface area (Å²) in [6, 6.07) is 7.48. The Morgan fingerprint density at radius 3 is 2.55 bits per heavy atom. The van der Waals surface area contributed by atoms with Crippen molar-refractivity contribution in [2.45, 2.75) is 12.5 Å². The summed E-state index contributed by atoms with van der Waals surface area (Å²) in [4.78, 5) is 0. The van der Waals surface area contributed by atoms with E-state index in [9.17, 15) is 8.78 Å². The third kappa shape index (κ3) is 3.25. The van der Waals surface area contributed by atoms with E-state index in [-0.39, 0.29) is 22.5 Å². The molecule has 0 aromatic heterocycles. The van der Waals surface area contributed by atoms with Gasteiger partial charge in [-0.05, 0) is 40.2 Å². The molecule has 0 N–H and O–H groups in total. The molecule has 0 atom stereocenters. The SMILES string of the molecule is Fc1ccc(Br)c(F)c1COc1cccc(Cl)c1CCl. The first-order chi connectivity index (χ1) is 9.54. The molecule has 0 unspecified atom stereocenters. The maximum absolute atomic E-state index is 13.8. The Morgan fingerprint density at radius 1 is 1.10 bits per heavy atom. The van der Waals surface area contributed by atoms with Gasteiger partial charge in [-0.1, -0.05) is 17.7 Å². The summed E-state index contributed by atoms with van der Waals surface area (Å²) in [7, 11) is 0. The molecule has 106 valence electrons. The highest BCUT2D eigenvalue weighted by Crippen LogP contribution is 2.29. The molecular formula is C14H9BrCl2F2O. The van der Waals surface area contributed by atoms with Crippen LogP contribution in [0, 0.1) is 11.6 Å². The Bertz CT molecular complexity index is 635. The average molecular weight is 382 g/mol. The fraction of sp³-hybridized carbons (Fsp3) is 0.143. The monoisotopic (exact) mass is 380 g/mol. The molecule has 0 aliphatic carbocycles. The summed E-state index contributed by atoms with van der Waals surface area (Å²) in [5.74, 6) is -0.788. The van der Waals surface area contributed by atoms with Crippen molar-refractivity contribution in [3.8, 4) is 5.75 Å². The van der Waals surface area contributed by atoms with Crippen LogP contribution in [0.2, 0.25) is 5.02 Å². The lowest BCUT2D eigenvalue weighted by Crippen LogP contribution is -2.04. The van der Waals surface area contributed by atoms with Crippen molar-refractivity contribution in [1.29, 1.82) is 0 Å². The van der Waals surface area contributed by atoms with Crippen LogP contribution in [0.5, 0.6) is 5.75 Å². The van der Waals surface area contributed by atoms with Gasteiger partial charge in [0.2, 0.25) is 0 Å². The van der Waals surface area contributed by atoms with Gasteiger partial charge in [0.25, 0.3) is 0 Å². The van der Waals surface area contributed by atoms with E-state index in [4.69, 9.17) is 27.9 Å². The number of hydrogen-bond donors (Lipinski definition) is 0. The van der Waals surface area contributed by atoms with Crippen LogP contribution < -0.4 is 4.74 Å². The molecule has 0 saturated carbocycles. The zero-order valence-corrected chi connectivity index (χ0v) is 13.2. The molecule has 0 aliphatic heterocycles. The van der Waals surface area contributed by atoms with Gasteiger partial charge in [0.1, 0.15) is 24.0 Å². The van der Waals surface area contributed by atoms with Gasteiger partial charge in [0, 0.05) is 10.6 Å². The van der Waals surface area contributed by atoms with E-state index in [1.165, 1.54) is 12.1 Å². The second-order valence-corrected chi connectivity index (χ2v) is 5.49. The number of benzene rings is 2. The lowest BCUT2D eigenvalue weighted by Gasteiger charge is -2.12. The zero-order chi connectivity index (χ0) is 14.7. The van der Waals surface area contributed by atoms with Crippen LogP contribution in [-0.2, 0) is 12.5 Å². The van der Waals surface area contributed by atoms with E-state index in [1.807, 2.05) is 0 Å². The van der Waals surface area contributed by atoms with Crippen molar-refractivity contribution in [3.63, 3.8) is 0 Å². The van der Waals surface area contributed by atoms with Crippen LogP contribution in [0.4, 0.5) is 8.78 Å². The van der Waals surface area contributed by atoms with Crippen molar-refractivity contribution in [1.82, 2.24) is 0 Å². The van der Waals surface area contributed by atoms with Gasteiger partial charge >= 0.3 is 0 Å². The quantitative estimate of drug-likeness (QED) is 0.487. The fourth-order valence-electron chi connectivity index (χ4n) is 1.66. The van der Waals surface area contributed by atoms with E-state index in [2.05, 4.69) is 15.9 Å². The highest BCUT2D eigenvalue weighted by atomic mass is 79.9. The summed E-state index contributed by atoms with van der Waals surface area (Å²) < 4.78 is 33.0. The molecular weight excluding hydrogens is 373 g/mol. The molecule has 0 bridgehead atoms. The molecule has 0 aliphatic rings. The summed E-state index contributed by atoms with van der Waals surface area (Å²) in [6.45, 7) is -0.249. The molecule has 0 saturated heterocycles. The molecule has 0 amide bonds. The Labute approximate surface area is 133 Å². The minimum atomic E-state index is -0.681. The molecule has 2 aromatic rings. The van der Waals surface area contributed by atoms with Gasteiger partial charge in [-0.15, -0.1) is 11.6 Å². The first-order valence-electron chi connectivity index (χ1n) is 5.63. The summed E-state index contributed by atoms with van der Waals surface area (Å²) >= 11 is 14.8. The minimum Gasteiger partial charge on any atom is -0.488 e. The Hall–Kier alpha value is -0.840. The third-order valence-electron chi connectivity index (χ3n) is 2.72. The van der Waals surface area contributed by atoms with Crippen LogP contribution in [0.15, 0.2) is 34.8 Å². The molecule has 6 heteroatoms. The maximum atomic E-state index is 13.8. The number of ether oxygens (including phenoxy) is 1. The zero-order valence-electron chi connectivity index (χ0n) is 10.1. The highest BCUT2D eigenvalue weighted by Gasteiger charge is 2.14. The fourth-order valence-corrected chi connectivity index (χ4v) is 2.60. The molecule has 0 heterocycles. The average Bonchev–Trinajstić information content (AvgIpc) is 2.43. The lowest BCUT2D eigenvalue weighted by molar-refractivity contribution is 0.290. The van der Waals surface area contributed by atoms with Gasteiger partial charge in [-0.2, -0.15) is 0 Å². The predicted molar refractivity (Wildman–Crippen MR) is 79.4 cm³/mol. The number of halogens is 5. The molecule has 0 fully saturated rings. The van der Waals surface area contributed by atoms with E-state index in [0.717, 1.165) is 0 Å². The van der Waals surface area contributed by atoms with Crippen LogP contribution in [0.1, 0.15) is 11.1 Å². The van der Waals surface area contributed by atoms with Crippen LogP contribution in [-0.4, -0.2) is 0 Å². The Kier molecular flexibility index (Phi) is 5.24. The van der Waals surface area contributed by atoms with Crippen molar-refractivity contribution in [3.05, 3.63) is 62.6 Å². The lowest BCUT2D eigenvalue weighted by atomic mass is 10.2. The van der Waals surface area contributed by atoms with Crippen molar-refractivity contribution < 1.29 is 13.5 Å². The van der Waals surface area contributed by atoms with Gasteiger partial charge in [-0.25, -0.2) is 8.78 Å². The van der Waals surface area contributed by atoms with Crippen LogP contribution >= 0.6 is 39.1 Å². The number of alkyl halides is 1. The maximum Gasteiger partial charge on any atom is 0.146 e. The topological polar surface area (TPSA) is 9.23 Å². The molecule has 1 nitrogen and oxygen atoms in total. The number of hydrogen-bond acceptors (Lipinski definition) is 1. The van der Waals surface area contributed by atoms with Gasteiger partial charge in [-0.3, -0.25) is 0 Å². The summed E-state index contributed by atoms with van der Waals surface area (Å²) in [5, 5.41) is 0.452. The van der Waals surface area contributed by atoms with Crippen molar-refractivity contribution in [2.24, 2.45) is 0 Å². The molecule has 0 radical (unpaired) electrons. The minimum absolute atomic E-state index is 0.151. The highest BCUT2D eigenvalue weighted by molar-refractivity contribution is 9.10. The molecule has 2 aromatic carbocycles. The van der Waals surface area contributed by atoms with Crippen LogP contribution in [0.25, 0.3) is 0 Å². The first-order valence-corrected chi connectivity index (χ1v) is 7.33. The summed E-state index contributed by atoms with van der Waals surface area (Å²) in [5.41, 5.74) is 0.437. The Balaban J connectivity index is 2.26. The van der Waals surface area contributed by atoms with Crippen LogP contribution in [0.3, 0.4) is 0 Å². The van der Waals surface area contributed by atoms with Crippen molar-refractivity contribution in [2.75, 3.05) is 0 Å². The second kappa shape index (κ2) is 6.74. The van der Waals surface area contributed by atoms with E-state index in [1.54, 1.807) is 18.2 Å².